The Balaban J connectivity index is 0.000000263. The standard InChI is InChI=1S/C15H18.C8H8N2S.C2H7N/c1-4-9-14(10-5-2)13(3)15-11-7-6-8-12-15;1-9-8-10-6-4-2-3-5-7(6)11-8;1-2-3/h4-13H,1H2,2-3H3;2-5H,1H3,(H,9,10);2-3H2,1H3/b10-5-,14-9+;;. The first-order valence-corrected chi connectivity index (χ1v) is 10.7. The molecule has 1 heterocycles. The summed E-state index contributed by atoms with van der Waals surface area (Å²) in [4.78, 5) is 4.34. The number of para-hydroxylation sites is 1. The van der Waals surface area contributed by atoms with Gasteiger partial charge in [-0.2, -0.15) is 0 Å². The first kappa shape index (κ1) is 24.3. The molecule has 3 nitrogen and oxygen atoms in total. The van der Waals surface area contributed by atoms with E-state index in [1.165, 1.54) is 15.8 Å². The van der Waals surface area contributed by atoms with Crippen LogP contribution in [0.25, 0.3) is 10.2 Å². The lowest BCUT2D eigenvalue weighted by atomic mass is 9.92. The second-order valence-corrected chi connectivity index (χ2v) is 7.21. The highest BCUT2D eigenvalue weighted by Crippen LogP contribution is 2.25. The molecule has 4 heteroatoms. The van der Waals surface area contributed by atoms with E-state index in [-0.39, 0.29) is 0 Å². The lowest BCUT2D eigenvalue weighted by molar-refractivity contribution is 0.921. The second-order valence-electron chi connectivity index (χ2n) is 6.18. The highest BCUT2D eigenvalue weighted by molar-refractivity contribution is 7.22. The largest absolute Gasteiger partial charge is 0.365 e. The molecule has 1 atom stereocenters. The minimum Gasteiger partial charge on any atom is -0.365 e. The average molecular weight is 408 g/mol. The highest BCUT2D eigenvalue weighted by atomic mass is 32.1. The Morgan fingerprint density at radius 1 is 1.17 bits per heavy atom. The third kappa shape index (κ3) is 8.46. The van der Waals surface area contributed by atoms with Crippen molar-refractivity contribution >= 4 is 26.7 Å². The van der Waals surface area contributed by atoms with Crippen molar-refractivity contribution in [2.24, 2.45) is 5.73 Å². The quantitative estimate of drug-likeness (QED) is 0.458. The molecule has 0 amide bonds. The molecule has 3 rings (SSSR count). The summed E-state index contributed by atoms with van der Waals surface area (Å²) in [6, 6.07) is 18.6. The van der Waals surface area contributed by atoms with Crippen molar-refractivity contribution in [1.29, 1.82) is 0 Å². The van der Waals surface area contributed by atoms with Crippen LogP contribution in [0.3, 0.4) is 0 Å². The number of allylic oxidation sites excluding steroid dienone is 5. The monoisotopic (exact) mass is 407 g/mol. The summed E-state index contributed by atoms with van der Waals surface area (Å²) in [5.41, 5.74) is 8.55. The fourth-order valence-corrected chi connectivity index (χ4v) is 3.41. The SMILES string of the molecule is C=C/C=C(\C=C/C)C(C)c1ccccc1.CCN.CNc1nc2ccccc2s1. The number of benzene rings is 2. The van der Waals surface area contributed by atoms with Gasteiger partial charge in [0, 0.05) is 13.0 Å². The van der Waals surface area contributed by atoms with E-state index in [9.17, 15) is 0 Å². The zero-order chi connectivity index (χ0) is 21.5. The fourth-order valence-electron chi connectivity index (χ4n) is 2.59. The molecule has 0 saturated heterocycles. The van der Waals surface area contributed by atoms with Crippen LogP contribution in [0, 0.1) is 0 Å². The minimum absolute atomic E-state index is 0.417. The number of aromatic nitrogens is 1. The molecule has 1 unspecified atom stereocenters. The summed E-state index contributed by atoms with van der Waals surface area (Å²) >= 11 is 1.68. The lowest BCUT2D eigenvalue weighted by Crippen LogP contribution is -1.95. The number of fused-ring (bicyclic) bond motifs is 1. The average Bonchev–Trinajstić information content (AvgIpc) is 3.18. The predicted octanol–water partition coefficient (Wildman–Crippen LogP) is 6.78. The van der Waals surface area contributed by atoms with E-state index >= 15 is 0 Å². The number of nitrogens with zero attached hydrogens (tertiary/aromatic N) is 1. The number of rotatable bonds is 5. The van der Waals surface area contributed by atoms with Gasteiger partial charge in [0.1, 0.15) is 0 Å². The first-order valence-electron chi connectivity index (χ1n) is 9.84. The normalized spacial score (nSPS) is 11.8. The Morgan fingerprint density at radius 3 is 2.34 bits per heavy atom. The smallest absolute Gasteiger partial charge is 0.183 e. The maximum absolute atomic E-state index is 4.85. The molecule has 0 spiro atoms. The first-order chi connectivity index (χ1) is 14.1. The number of nitrogens with two attached hydrogens (primary N) is 1. The van der Waals surface area contributed by atoms with Crippen LogP contribution in [0.2, 0.25) is 0 Å². The van der Waals surface area contributed by atoms with E-state index in [4.69, 9.17) is 5.73 Å². The van der Waals surface area contributed by atoms with Crippen molar-refractivity contribution in [1.82, 2.24) is 4.98 Å². The van der Waals surface area contributed by atoms with Crippen molar-refractivity contribution in [3.05, 3.63) is 96.6 Å². The molecule has 154 valence electrons. The van der Waals surface area contributed by atoms with Crippen molar-refractivity contribution < 1.29 is 0 Å². The van der Waals surface area contributed by atoms with E-state index in [0.29, 0.717) is 5.92 Å². The molecule has 0 fully saturated rings. The molecule has 3 aromatic rings. The van der Waals surface area contributed by atoms with E-state index < -0.39 is 0 Å². The van der Waals surface area contributed by atoms with Crippen molar-refractivity contribution in [2.45, 2.75) is 26.7 Å². The maximum Gasteiger partial charge on any atom is 0.183 e. The van der Waals surface area contributed by atoms with Crippen molar-refractivity contribution in [3.8, 4) is 0 Å². The van der Waals surface area contributed by atoms with Crippen LogP contribution in [-0.2, 0) is 0 Å². The molecule has 0 bridgehead atoms. The van der Waals surface area contributed by atoms with Crippen LogP contribution in [0.1, 0.15) is 32.3 Å². The summed E-state index contributed by atoms with van der Waals surface area (Å²) in [5, 5.41) is 4.00. The molecule has 0 radical (unpaired) electrons. The van der Waals surface area contributed by atoms with Gasteiger partial charge in [-0.1, -0.05) is 98.5 Å². The number of hydrogen-bond acceptors (Lipinski definition) is 4. The van der Waals surface area contributed by atoms with E-state index in [0.717, 1.165) is 17.2 Å². The van der Waals surface area contributed by atoms with Gasteiger partial charge in [-0.15, -0.1) is 0 Å². The van der Waals surface area contributed by atoms with Crippen LogP contribution in [0.5, 0.6) is 0 Å². The van der Waals surface area contributed by atoms with Gasteiger partial charge in [0.25, 0.3) is 0 Å². The highest BCUT2D eigenvalue weighted by Gasteiger charge is 2.07. The van der Waals surface area contributed by atoms with Gasteiger partial charge in [-0.25, -0.2) is 4.98 Å². The molecule has 0 aliphatic rings. The zero-order valence-electron chi connectivity index (χ0n) is 17.9. The number of anilines is 1. The summed E-state index contributed by atoms with van der Waals surface area (Å²) in [5.74, 6) is 0.417. The molecule has 3 N–H and O–H groups in total. The maximum atomic E-state index is 4.85. The van der Waals surface area contributed by atoms with Crippen LogP contribution >= 0.6 is 11.3 Å². The van der Waals surface area contributed by atoms with Gasteiger partial charge in [0.2, 0.25) is 0 Å². The molecule has 0 aliphatic heterocycles. The molecule has 0 saturated carbocycles. The summed E-state index contributed by atoms with van der Waals surface area (Å²) < 4.78 is 1.23. The van der Waals surface area contributed by atoms with Gasteiger partial charge in [0.05, 0.1) is 10.2 Å². The van der Waals surface area contributed by atoms with Crippen LogP contribution in [0.4, 0.5) is 5.13 Å². The zero-order valence-corrected chi connectivity index (χ0v) is 18.7. The molecular formula is C25H33N3S. The minimum atomic E-state index is 0.417. The van der Waals surface area contributed by atoms with Crippen molar-refractivity contribution in [2.75, 3.05) is 18.9 Å². The summed E-state index contributed by atoms with van der Waals surface area (Å²) in [7, 11) is 1.89. The summed E-state index contributed by atoms with van der Waals surface area (Å²) in [6.45, 7) is 10.7. The van der Waals surface area contributed by atoms with Crippen molar-refractivity contribution in [3.63, 3.8) is 0 Å². The Labute approximate surface area is 179 Å². The van der Waals surface area contributed by atoms with Gasteiger partial charge in [-0.3, -0.25) is 0 Å². The van der Waals surface area contributed by atoms with Crippen LogP contribution in [0.15, 0.2) is 91.1 Å². The third-order valence-electron chi connectivity index (χ3n) is 3.98. The predicted molar refractivity (Wildman–Crippen MR) is 132 cm³/mol. The van der Waals surface area contributed by atoms with Gasteiger partial charge < -0.3 is 11.1 Å². The molecule has 1 aromatic heterocycles. The fraction of sp³-hybridized carbons (Fsp3) is 0.240. The molecular weight excluding hydrogens is 374 g/mol. The van der Waals surface area contributed by atoms with Gasteiger partial charge in [-0.05, 0) is 36.7 Å². The Bertz CT molecular complexity index is 862. The van der Waals surface area contributed by atoms with Gasteiger partial charge >= 0.3 is 0 Å². The lowest BCUT2D eigenvalue weighted by Gasteiger charge is -2.12. The Morgan fingerprint density at radius 2 is 1.79 bits per heavy atom. The number of nitrogens with one attached hydrogen (secondary N) is 1. The van der Waals surface area contributed by atoms with E-state index in [1.807, 2.05) is 51.2 Å². The second kappa shape index (κ2) is 14.3. The third-order valence-corrected chi connectivity index (χ3v) is 5.03. The van der Waals surface area contributed by atoms with E-state index in [1.54, 1.807) is 11.3 Å². The van der Waals surface area contributed by atoms with Crippen LogP contribution in [-0.4, -0.2) is 18.6 Å². The molecule has 0 aliphatic carbocycles. The molecule has 29 heavy (non-hydrogen) atoms. The Hall–Kier alpha value is -2.69. The van der Waals surface area contributed by atoms with Gasteiger partial charge in [0.15, 0.2) is 5.13 Å². The number of thiazole rings is 1. The summed E-state index contributed by atoms with van der Waals surface area (Å²) in [6.07, 6.45) is 8.11. The Kier molecular flexibility index (Phi) is 12.0. The number of hydrogen-bond donors (Lipinski definition) is 2. The molecule has 2 aromatic carbocycles. The van der Waals surface area contributed by atoms with E-state index in [2.05, 4.69) is 72.4 Å². The van der Waals surface area contributed by atoms with Crippen LogP contribution < -0.4 is 11.1 Å². The topological polar surface area (TPSA) is 50.9 Å².